The molecule has 0 unspecified atom stereocenters. The van der Waals surface area contributed by atoms with Crippen molar-refractivity contribution in [2.75, 3.05) is 43.7 Å². The number of nitrogens with one attached hydrogen (secondary N) is 3. The number of anilines is 2. The Morgan fingerprint density at radius 3 is 2.61 bits per heavy atom. The van der Waals surface area contributed by atoms with Crippen LogP contribution in [0.15, 0.2) is 35.6 Å². The van der Waals surface area contributed by atoms with Crippen LogP contribution in [0.5, 0.6) is 0 Å². The van der Waals surface area contributed by atoms with E-state index in [4.69, 9.17) is 4.74 Å². The number of methoxy groups -OCH3 is 1. The molecule has 2 aromatic heterocycles. The molecule has 0 atom stereocenters. The summed E-state index contributed by atoms with van der Waals surface area (Å²) >= 11 is 1.45. The first kappa shape index (κ1) is 22.5. The van der Waals surface area contributed by atoms with Crippen molar-refractivity contribution in [2.24, 2.45) is 0 Å². The predicted molar refractivity (Wildman–Crippen MR) is 121 cm³/mol. The van der Waals surface area contributed by atoms with E-state index in [0.29, 0.717) is 54.1 Å². The normalized spacial score (nSPS) is 10.8. The van der Waals surface area contributed by atoms with E-state index in [-0.39, 0.29) is 11.8 Å². The molecule has 0 aliphatic heterocycles. The van der Waals surface area contributed by atoms with Crippen molar-refractivity contribution in [3.05, 3.63) is 36.0 Å². The fourth-order valence-electron chi connectivity index (χ4n) is 2.88. The third-order valence-electron chi connectivity index (χ3n) is 4.33. The highest BCUT2D eigenvalue weighted by Crippen LogP contribution is 2.23. The average Bonchev–Trinajstić information content (AvgIpc) is 3.17. The molecule has 164 valence electrons. The molecule has 10 nitrogen and oxygen atoms in total. The number of fused-ring (bicyclic) bond motifs is 1. The number of rotatable bonds is 10. The minimum absolute atomic E-state index is 0.158. The number of carbonyl (C=O) groups excluding carboxylic acids is 2. The monoisotopic (exact) mass is 443 g/mol. The standard InChI is InChI=1S/C20H25N7O3S/c1-13(28)24-15-6-4-14(5-7-15)19(29)22-8-10-27-18-16(12-23-27)17(21-9-11-30-2)25-20(26-18)31-3/h4-7,12H,8-11H2,1-3H3,(H,22,29)(H,24,28)(H,21,25,26). The minimum atomic E-state index is -0.202. The van der Waals surface area contributed by atoms with Crippen LogP contribution in [0.4, 0.5) is 11.5 Å². The maximum atomic E-state index is 12.4. The number of thioether (sulfide) groups is 1. The van der Waals surface area contributed by atoms with Crippen LogP contribution in [0.25, 0.3) is 11.0 Å². The van der Waals surface area contributed by atoms with Crippen LogP contribution < -0.4 is 16.0 Å². The van der Waals surface area contributed by atoms with E-state index in [1.54, 1.807) is 42.3 Å². The van der Waals surface area contributed by atoms with E-state index in [9.17, 15) is 9.59 Å². The number of hydrogen-bond acceptors (Lipinski definition) is 8. The average molecular weight is 444 g/mol. The molecule has 31 heavy (non-hydrogen) atoms. The summed E-state index contributed by atoms with van der Waals surface area (Å²) in [5.74, 6) is 0.349. The lowest BCUT2D eigenvalue weighted by atomic mass is 10.2. The van der Waals surface area contributed by atoms with E-state index < -0.39 is 0 Å². The van der Waals surface area contributed by atoms with Crippen molar-refractivity contribution in [1.29, 1.82) is 0 Å². The van der Waals surface area contributed by atoms with E-state index in [2.05, 4.69) is 31.0 Å². The zero-order valence-electron chi connectivity index (χ0n) is 17.6. The van der Waals surface area contributed by atoms with Gasteiger partial charge in [-0.25, -0.2) is 14.6 Å². The molecule has 0 spiro atoms. The topological polar surface area (TPSA) is 123 Å². The van der Waals surface area contributed by atoms with Gasteiger partial charge in [0, 0.05) is 38.4 Å². The fraction of sp³-hybridized carbons (Fsp3) is 0.350. The van der Waals surface area contributed by atoms with Crippen LogP contribution in [0.1, 0.15) is 17.3 Å². The Morgan fingerprint density at radius 1 is 1.16 bits per heavy atom. The first-order chi connectivity index (χ1) is 15.0. The molecule has 0 aliphatic rings. The second-order valence-electron chi connectivity index (χ2n) is 6.60. The summed E-state index contributed by atoms with van der Waals surface area (Å²) < 4.78 is 6.83. The Bertz CT molecular complexity index is 1050. The number of nitrogens with zero attached hydrogens (tertiary/aromatic N) is 4. The summed E-state index contributed by atoms with van der Waals surface area (Å²) in [4.78, 5) is 32.6. The molecule has 3 rings (SSSR count). The smallest absolute Gasteiger partial charge is 0.251 e. The van der Waals surface area contributed by atoms with Crippen LogP contribution in [-0.4, -0.2) is 64.6 Å². The summed E-state index contributed by atoms with van der Waals surface area (Å²) in [7, 11) is 1.65. The molecule has 0 fully saturated rings. The van der Waals surface area contributed by atoms with Gasteiger partial charge in [0.2, 0.25) is 5.91 Å². The van der Waals surface area contributed by atoms with Gasteiger partial charge in [-0.1, -0.05) is 11.8 Å². The Labute approximate surface area is 184 Å². The van der Waals surface area contributed by atoms with Crippen LogP contribution >= 0.6 is 11.8 Å². The summed E-state index contributed by atoms with van der Waals surface area (Å²) in [6, 6.07) is 6.71. The minimum Gasteiger partial charge on any atom is -0.383 e. The van der Waals surface area contributed by atoms with E-state index in [0.717, 1.165) is 5.39 Å². The first-order valence-electron chi connectivity index (χ1n) is 9.68. The number of benzene rings is 1. The maximum Gasteiger partial charge on any atom is 0.251 e. The third kappa shape index (κ3) is 5.92. The summed E-state index contributed by atoms with van der Waals surface area (Å²) in [5.41, 5.74) is 1.86. The van der Waals surface area contributed by atoms with Crippen molar-refractivity contribution >= 4 is 46.1 Å². The maximum absolute atomic E-state index is 12.4. The lowest BCUT2D eigenvalue weighted by Gasteiger charge is -2.09. The Balaban J connectivity index is 1.64. The predicted octanol–water partition coefficient (Wildman–Crippen LogP) is 1.99. The number of amides is 2. The molecule has 3 N–H and O–H groups in total. The highest BCUT2D eigenvalue weighted by atomic mass is 32.2. The summed E-state index contributed by atoms with van der Waals surface area (Å²) in [5, 5.41) is 14.7. The first-order valence-corrected chi connectivity index (χ1v) is 10.9. The molecule has 0 bridgehead atoms. The highest BCUT2D eigenvalue weighted by Gasteiger charge is 2.13. The van der Waals surface area contributed by atoms with Crippen molar-refractivity contribution in [1.82, 2.24) is 25.1 Å². The molecule has 3 aromatic rings. The summed E-state index contributed by atoms with van der Waals surface area (Å²) in [6.45, 7) is 3.46. The number of aromatic nitrogens is 4. The molecule has 0 aliphatic carbocycles. The van der Waals surface area contributed by atoms with Crippen molar-refractivity contribution in [3.63, 3.8) is 0 Å². The fourth-order valence-corrected chi connectivity index (χ4v) is 3.24. The van der Waals surface area contributed by atoms with Gasteiger partial charge in [-0.2, -0.15) is 5.10 Å². The van der Waals surface area contributed by atoms with Crippen LogP contribution in [-0.2, 0) is 16.1 Å². The lowest BCUT2D eigenvalue weighted by Crippen LogP contribution is -2.27. The number of carbonyl (C=O) groups is 2. The molecule has 1 aromatic carbocycles. The third-order valence-corrected chi connectivity index (χ3v) is 4.88. The van der Waals surface area contributed by atoms with E-state index in [1.807, 2.05) is 6.26 Å². The van der Waals surface area contributed by atoms with Crippen LogP contribution in [0.2, 0.25) is 0 Å². The molecule has 2 heterocycles. The Morgan fingerprint density at radius 2 is 1.94 bits per heavy atom. The van der Waals surface area contributed by atoms with Crippen LogP contribution in [0.3, 0.4) is 0 Å². The van der Waals surface area contributed by atoms with Gasteiger partial charge in [-0.15, -0.1) is 0 Å². The van der Waals surface area contributed by atoms with Crippen molar-refractivity contribution in [3.8, 4) is 0 Å². The largest absolute Gasteiger partial charge is 0.383 e. The molecule has 0 saturated carbocycles. The molecule has 0 saturated heterocycles. The Hall–Kier alpha value is -3.18. The molecule has 11 heteroatoms. The van der Waals surface area contributed by atoms with Crippen molar-refractivity contribution < 1.29 is 14.3 Å². The molecule has 2 amide bonds. The Kier molecular flexibility index (Phi) is 7.79. The molecular formula is C20H25N7O3S. The van der Waals surface area contributed by atoms with Gasteiger partial charge >= 0.3 is 0 Å². The highest BCUT2D eigenvalue weighted by molar-refractivity contribution is 7.98. The van der Waals surface area contributed by atoms with Crippen LogP contribution in [0, 0.1) is 0 Å². The van der Waals surface area contributed by atoms with Gasteiger partial charge in [0.1, 0.15) is 5.82 Å². The zero-order chi connectivity index (χ0) is 22.2. The molecule has 0 radical (unpaired) electrons. The van der Waals surface area contributed by atoms with E-state index in [1.165, 1.54) is 18.7 Å². The zero-order valence-corrected chi connectivity index (χ0v) is 18.5. The van der Waals surface area contributed by atoms with Gasteiger partial charge in [0.15, 0.2) is 10.8 Å². The van der Waals surface area contributed by atoms with Gasteiger partial charge in [-0.05, 0) is 30.5 Å². The van der Waals surface area contributed by atoms with Gasteiger partial charge in [-0.3, -0.25) is 9.59 Å². The number of hydrogen-bond donors (Lipinski definition) is 3. The second-order valence-corrected chi connectivity index (χ2v) is 7.37. The number of ether oxygens (including phenoxy) is 1. The summed E-state index contributed by atoms with van der Waals surface area (Å²) in [6.07, 6.45) is 3.63. The van der Waals surface area contributed by atoms with Gasteiger partial charge < -0.3 is 20.7 Å². The van der Waals surface area contributed by atoms with Gasteiger partial charge in [0.05, 0.1) is 24.7 Å². The molecular weight excluding hydrogens is 418 g/mol. The lowest BCUT2D eigenvalue weighted by molar-refractivity contribution is -0.114. The SMILES string of the molecule is COCCNc1nc(SC)nc2c1cnn2CCNC(=O)c1ccc(NC(C)=O)cc1. The quantitative estimate of drug-likeness (QED) is 0.247. The van der Waals surface area contributed by atoms with Gasteiger partial charge in [0.25, 0.3) is 5.91 Å². The van der Waals surface area contributed by atoms with E-state index >= 15 is 0 Å². The van der Waals surface area contributed by atoms with Crippen molar-refractivity contribution in [2.45, 2.75) is 18.6 Å². The second kappa shape index (κ2) is 10.7.